The number of carbonyl (C=O) groups excluding carboxylic acids is 2. The first-order valence-electron chi connectivity index (χ1n) is 8.51. The van der Waals surface area contributed by atoms with Gasteiger partial charge in [-0.1, -0.05) is 29.8 Å². The highest BCUT2D eigenvalue weighted by molar-refractivity contribution is 5.76. The molecule has 1 aliphatic heterocycles. The molecule has 0 bridgehead atoms. The van der Waals surface area contributed by atoms with Crippen LogP contribution >= 0.6 is 0 Å². The van der Waals surface area contributed by atoms with Gasteiger partial charge in [-0.05, 0) is 39.3 Å². The second-order valence-electron chi connectivity index (χ2n) is 7.15. The Morgan fingerprint density at radius 3 is 2.36 bits per heavy atom. The highest BCUT2D eigenvalue weighted by atomic mass is 16.6. The fourth-order valence-electron chi connectivity index (χ4n) is 2.49. The summed E-state index contributed by atoms with van der Waals surface area (Å²) in [5.74, 6) is 0. The molecule has 0 aromatic heterocycles. The van der Waals surface area contributed by atoms with Crippen molar-refractivity contribution in [2.24, 2.45) is 0 Å². The van der Waals surface area contributed by atoms with Crippen molar-refractivity contribution < 1.29 is 14.3 Å². The quantitative estimate of drug-likeness (QED) is 0.895. The van der Waals surface area contributed by atoms with Gasteiger partial charge in [0, 0.05) is 32.4 Å². The number of ether oxygens (including phenoxy) is 1. The number of urea groups is 1. The molecule has 0 atom stereocenters. The number of nitrogens with zero attached hydrogens (tertiary/aromatic N) is 2. The van der Waals surface area contributed by atoms with Gasteiger partial charge in [-0.15, -0.1) is 0 Å². The summed E-state index contributed by atoms with van der Waals surface area (Å²) in [4.78, 5) is 27.5. The van der Waals surface area contributed by atoms with Gasteiger partial charge in [0.15, 0.2) is 0 Å². The molecule has 1 aliphatic rings. The van der Waals surface area contributed by atoms with Crippen LogP contribution in [0.1, 0.15) is 31.9 Å². The van der Waals surface area contributed by atoms with E-state index < -0.39 is 5.60 Å². The molecule has 1 fully saturated rings. The predicted octanol–water partition coefficient (Wildman–Crippen LogP) is 3.23. The fraction of sp³-hybridized carbons (Fsp3) is 0.474. The summed E-state index contributed by atoms with van der Waals surface area (Å²) in [7, 11) is 0. The minimum atomic E-state index is -0.508. The van der Waals surface area contributed by atoms with E-state index in [-0.39, 0.29) is 12.1 Å². The van der Waals surface area contributed by atoms with E-state index in [0.717, 1.165) is 5.56 Å². The number of carbonyl (C=O) groups is 2. The molecule has 0 spiro atoms. The van der Waals surface area contributed by atoms with Crippen LogP contribution in [0.3, 0.4) is 0 Å². The van der Waals surface area contributed by atoms with Crippen molar-refractivity contribution in [3.05, 3.63) is 41.6 Å². The molecule has 1 aromatic carbocycles. The Morgan fingerprint density at radius 1 is 1.12 bits per heavy atom. The van der Waals surface area contributed by atoms with Crippen LogP contribution in [0.2, 0.25) is 0 Å². The van der Waals surface area contributed by atoms with Crippen molar-refractivity contribution in [1.82, 2.24) is 15.1 Å². The van der Waals surface area contributed by atoms with Gasteiger partial charge in [-0.3, -0.25) is 0 Å². The first-order valence-corrected chi connectivity index (χ1v) is 8.51. The molecular formula is C19H27N3O3. The van der Waals surface area contributed by atoms with Crippen LogP contribution in [-0.4, -0.2) is 53.7 Å². The molecule has 1 saturated heterocycles. The van der Waals surface area contributed by atoms with Crippen molar-refractivity contribution in [2.75, 3.05) is 26.2 Å². The van der Waals surface area contributed by atoms with E-state index in [1.807, 2.05) is 58.0 Å². The van der Waals surface area contributed by atoms with Gasteiger partial charge in [0.05, 0.1) is 0 Å². The first-order chi connectivity index (χ1) is 11.7. The number of hydrogen-bond acceptors (Lipinski definition) is 3. The van der Waals surface area contributed by atoms with Crippen molar-refractivity contribution in [3.63, 3.8) is 0 Å². The van der Waals surface area contributed by atoms with Gasteiger partial charge >= 0.3 is 12.1 Å². The summed E-state index contributed by atoms with van der Waals surface area (Å²) in [6.45, 7) is 9.49. The Hall–Kier alpha value is -2.50. The standard InChI is InChI=1S/C19H27N3O3/c1-15-6-5-7-16(14-15)8-9-20-17(23)21-10-12-22(13-11-21)18(24)25-19(2,3)4/h5-9,14H,10-13H2,1-4H3,(H,20,23)/b9-8+. The van der Waals surface area contributed by atoms with Crippen LogP contribution in [0.4, 0.5) is 9.59 Å². The minimum absolute atomic E-state index is 0.159. The van der Waals surface area contributed by atoms with Gasteiger partial charge < -0.3 is 19.9 Å². The normalized spacial score (nSPS) is 15.4. The lowest BCUT2D eigenvalue weighted by Gasteiger charge is -2.35. The first kappa shape index (κ1) is 18.8. The number of aryl methyl sites for hydroxylation is 1. The van der Waals surface area contributed by atoms with E-state index in [1.54, 1.807) is 16.0 Å². The summed E-state index contributed by atoms with van der Waals surface area (Å²) >= 11 is 0. The van der Waals surface area contributed by atoms with Crippen LogP contribution < -0.4 is 5.32 Å². The number of amides is 3. The van der Waals surface area contributed by atoms with E-state index in [9.17, 15) is 9.59 Å². The highest BCUT2D eigenvalue weighted by Crippen LogP contribution is 2.12. The van der Waals surface area contributed by atoms with Gasteiger partial charge in [-0.2, -0.15) is 0 Å². The minimum Gasteiger partial charge on any atom is -0.444 e. The molecule has 1 N–H and O–H groups in total. The SMILES string of the molecule is Cc1cccc(/C=C/NC(=O)N2CCN(C(=O)OC(C)(C)C)CC2)c1. The van der Waals surface area contributed by atoms with E-state index in [1.165, 1.54) is 5.56 Å². The molecule has 3 amide bonds. The van der Waals surface area contributed by atoms with Crippen molar-refractivity contribution >= 4 is 18.2 Å². The molecule has 0 aliphatic carbocycles. The molecule has 6 heteroatoms. The van der Waals surface area contributed by atoms with Crippen LogP contribution in [-0.2, 0) is 4.74 Å². The third-order valence-corrected chi connectivity index (χ3v) is 3.74. The molecule has 6 nitrogen and oxygen atoms in total. The average molecular weight is 345 g/mol. The number of piperazine rings is 1. The van der Waals surface area contributed by atoms with Crippen molar-refractivity contribution in [1.29, 1.82) is 0 Å². The molecule has 1 aromatic rings. The Bertz CT molecular complexity index is 642. The second-order valence-corrected chi connectivity index (χ2v) is 7.15. The molecule has 2 rings (SSSR count). The van der Waals surface area contributed by atoms with E-state index in [2.05, 4.69) is 5.32 Å². The molecule has 0 radical (unpaired) electrons. The van der Waals surface area contributed by atoms with Crippen LogP contribution in [0.5, 0.6) is 0 Å². The smallest absolute Gasteiger partial charge is 0.410 e. The molecule has 136 valence electrons. The third kappa shape index (κ3) is 6.14. The third-order valence-electron chi connectivity index (χ3n) is 3.74. The molecule has 1 heterocycles. The van der Waals surface area contributed by atoms with E-state index in [4.69, 9.17) is 4.74 Å². The molecular weight excluding hydrogens is 318 g/mol. The van der Waals surface area contributed by atoms with Crippen LogP contribution in [0.25, 0.3) is 6.08 Å². The zero-order chi connectivity index (χ0) is 18.4. The number of nitrogens with one attached hydrogen (secondary N) is 1. The monoisotopic (exact) mass is 345 g/mol. The zero-order valence-corrected chi connectivity index (χ0v) is 15.4. The second kappa shape index (κ2) is 8.05. The lowest BCUT2D eigenvalue weighted by Crippen LogP contribution is -2.53. The number of benzene rings is 1. The Balaban J connectivity index is 1.78. The lowest BCUT2D eigenvalue weighted by atomic mass is 10.1. The average Bonchev–Trinajstić information content (AvgIpc) is 2.53. The van der Waals surface area contributed by atoms with Gasteiger partial charge in [0.1, 0.15) is 5.60 Å². The summed E-state index contributed by atoms with van der Waals surface area (Å²) in [5.41, 5.74) is 1.70. The molecule has 0 saturated carbocycles. The van der Waals surface area contributed by atoms with Crippen LogP contribution in [0, 0.1) is 6.92 Å². The Morgan fingerprint density at radius 2 is 1.76 bits per heavy atom. The summed E-state index contributed by atoms with van der Waals surface area (Å²) in [5, 5.41) is 2.77. The van der Waals surface area contributed by atoms with E-state index in [0.29, 0.717) is 26.2 Å². The fourth-order valence-corrected chi connectivity index (χ4v) is 2.49. The highest BCUT2D eigenvalue weighted by Gasteiger charge is 2.27. The summed E-state index contributed by atoms with van der Waals surface area (Å²) in [6, 6.07) is 7.87. The number of hydrogen-bond donors (Lipinski definition) is 1. The molecule has 0 unspecified atom stereocenters. The maximum Gasteiger partial charge on any atom is 0.410 e. The van der Waals surface area contributed by atoms with E-state index >= 15 is 0 Å². The maximum absolute atomic E-state index is 12.2. The summed E-state index contributed by atoms with van der Waals surface area (Å²) < 4.78 is 5.35. The Kier molecular flexibility index (Phi) is 6.07. The zero-order valence-electron chi connectivity index (χ0n) is 15.4. The summed E-state index contributed by atoms with van der Waals surface area (Å²) in [6.07, 6.45) is 3.19. The largest absolute Gasteiger partial charge is 0.444 e. The number of rotatable bonds is 2. The van der Waals surface area contributed by atoms with Gasteiger partial charge in [-0.25, -0.2) is 9.59 Å². The van der Waals surface area contributed by atoms with Crippen molar-refractivity contribution in [3.8, 4) is 0 Å². The van der Waals surface area contributed by atoms with Gasteiger partial charge in [0.2, 0.25) is 0 Å². The Labute approximate surface area is 149 Å². The van der Waals surface area contributed by atoms with Crippen molar-refractivity contribution in [2.45, 2.75) is 33.3 Å². The lowest BCUT2D eigenvalue weighted by molar-refractivity contribution is 0.0171. The van der Waals surface area contributed by atoms with Gasteiger partial charge in [0.25, 0.3) is 0 Å². The predicted molar refractivity (Wildman–Crippen MR) is 98.1 cm³/mol. The maximum atomic E-state index is 12.2. The topological polar surface area (TPSA) is 61.9 Å². The molecule has 25 heavy (non-hydrogen) atoms. The van der Waals surface area contributed by atoms with Crippen LogP contribution in [0.15, 0.2) is 30.5 Å².